The Morgan fingerprint density at radius 1 is 1.13 bits per heavy atom. The maximum Gasteiger partial charge on any atom is 0.293 e. The molecule has 0 aliphatic heterocycles. The molecule has 2 aromatic carbocycles. The van der Waals surface area contributed by atoms with Crippen LogP contribution in [0.2, 0.25) is 0 Å². The van der Waals surface area contributed by atoms with Crippen molar-refractivity contribution in [3.8, 4) is 11.5 Å². The molecule has 0 saturated carbocycles. The number of fused-ring (bicyclic) bond motifs is 1. The van der Waals surface area contributed by atoms with Gasteiger partial charge in [-0.2, -0.15) is 0 Å². The Balaban J connectivity index is 1.38. The van der Waals surface area contributed by atoms with Crippen molar-refractivity contribution in [2.75, 3.05) is 0 Å². The van der Waals surface area contributed by atoms with Gasteiger partial charge < -0.3 is 14.2 Å². The van der Waals surface area contributed by atoms with E-state index in [1.165, 1.54) is 11.8 Å². The number of benzene rings is 2. The third kappa shape index (κ3) is 4.41. The second kappa shape index (κ2) is 8.51. The van der Waals surface area contributed by atoms with E-state index < -0.39 is 0 Å². The Kier molecular flexibility index (Phi) is 5.63. The number of hydrogen-bond acceptors (Lipinski definition) is 5. The average Bonchev–Trinajstić information content (AvgIpc) is 3.42. The van der Waals surface area contributed by atoms with Gasteiger partial charge in [0.15, 0.2) is 16.5 Å². The summed E-state index contributed by atoms with van der Waals surface area (Å²) >= 11 is 5.16. The quantitative estimate of drug-likeness (QED) is 0.442. The first-order valence-corrected chi connectivity index (χ1v) is 10.0. The molecule has 0 atom stereocenters. The van der Waals surface area contributed by atoms with Gasteiger partial charge in [0.25, 0.3) is 5.91 Å². The fourth-order valence-electron chi connectivity index (χ4n) is 2.99. The molecule has 152 valence electrons. The standard InChI is InChI=1S/C23H21N3O3S/c1-14(2)17-9-10-19-18(12-17)25-22(29-19)16-7-5-15(6-8-16)13-24-23(30)26-21(27)20-4-3-11-28-20/h3-12,14H,13H2,1-2H3,(H2,24,26,27,30). The van der Waals surface area contributed by atoms with Gasteiger partial charge in [0.05, 0.1) is 6.26 Å². The van der Waals surface area contributed by atoms with Gasteiger partial charge >= 0.3 is 0 Å². The van der Waals surface area contributed by atoms with Crippen LogP contribution in [-0.4, -0.2) is 16.0 Å². The smallest absolute Gasteiger partial charge is 0.293 e. The van der Waals surface area contributed by atoms with Crippen LogP contribution in [0.3, 0.4) is 0 Å². The number of carbonyl (C=O) groups is 1. The third-order valence-corrected chi connectivity index (χ3v) is 4.95. The summed E-state index contributed by atoms with van der Waals surface area (Å²) in [7, 11) is 0. The zero-order chi connectivity index (χ0) is 21.1. The van der Waals surface area contributed by atoms with Gasteiger partial charge in [0, 0.05) is 12.1 Å². The van der Waals surface area contributed by atoms with Gasteiger partial charge in [-0.1, -0.05) is 32.0 Å². The van der Waals surface area contributed by atoms with E-state index in [1.54, 1.807) is 12.1 Å². The van der Waals surface area contributed by atoms with Crippen molar-refractivity contribution in [3.05, 3.63) is 77.7 Å². The number of amides is 1. The van der Waals surface area contributed by atoms with Gasteiger partial charge in [-0.3, -0.25) is 10.1 Å². The summed E-state index contributed by atoms with van der Waals surface area (Å²) in [6.45, 7) is 4.79. The highest BCUT2D eigenvalue weighted by Gasteiger charge is 2.11. The predicted octanol–water partition coefficient (Wildman–Crippen LogP) is 5.02. The molecule has 0 unspecified atom stereocenters. The first kappa shape index (κ1) is 19.8. The number of nitrogens with one attached hydrogen (secondary N) is 2. The van der Waals surface area contributed by atoms with Crippen LogP contribution < -0.4 is 10.6 Å². The third-order valence-electron chi connectivity index (χ3n) is 4.70. The molecule has 0 saturated heterocycles. The summed E-state index contributed by atoms with van der Waals surface area (Å²) in [4.78, 5) is 16.5. The molecular formula is C23H21N3O3S. The van der Waals surface area contributed by atoms with Crippen LogP contribution in [0.25, 0.3) is 22.6 Å². The average molecular weight is 420 g/mol. The molecule has 2 N–H and O–H groups in total. The lowest BCUT2D eigenvalue weighted by molar-refractivity contribution is 0.0949. The largest absolute Gasteiger partial charge is 0.459 e. The number of nitrogens with zero attached hydrogens (tertiary/aromatic N) is 1. The summed E-state index contributed by atoms with van der Waals surface area (Å²) in [5.74, 6) is 0.856. The summed E-state index contributed by atoms with van der Waals surface area (Å²) in [5.41, 5.74) is 4.78. The summed E-state index contributed by atoms with van der Waals surface area (Å²) in [5, 5.41) is 5.82. The number of thiocarbonyl (C=S) groups is 1. The fourth-order valence-corrected chi connectivity index (χ4v) is 3.16. The van der Waals surface area contributed by atoms with Crippen LogP contribution in [0.1, 0.15) is 41.4 Å². The molecule has 1 amide bonds. The van der Waals surface area contributed by atoms with Crippen molar-refractivity contribution in [3.63, 3.8) is 0 Å². The van der Waals surface area contributed by atoms with E-state index in [9.17, 15) is 4.79 Å². The Labute approximate surface area is 179 Å². The molecule has 0 aliphatic carbocycles. The fraction of sp³-hybridized carbons (Fsp3) is 0.174. The zero-order valence-corrected chi connectivity index (χ0v) is 17.5. The molecule has 4 rings (SSSR count). The SMILES string of the molecule is CC(C)c1ccc2oc(-c3ccc(CNC(=S)NC(=O)c4ccco4)cc3)nc2c1. The Hall–Kier alpha value is -3.45. The van der Waals surface area contributed by atoms with Gasteiger partial charge in [-0.05, 0) is 65.7 Å². The molecule has 2 heterocycles. The molecule has 0 bridgehead atoms. The Morgan fingerprint density at radius 2 is 1.93 bits per heavy atom. The second-order valence-electron chi connectivity index (χ2n) is 7.21. The number of hydrogen-bond donors (Lipinski definition) is 2. The van der Waals surface area contributed by atoms with E-state index in [4.69, 9.17) is 21.1 Å². The Morgan fingerprint density at radius 3 is 2.63 bits per heavy atom. The predicted molar refractivity (Wildman–Crippen MR) is 119 cm³/mol. The van der Waals surface area contributed by atoms with Crippen molar-refractivity contribution < 1.29 is 13.6 Å². The minimum Gasteiger partial charge on any atom is -0.459 e. The van der Waals surface area contributed by atoms with Crippen LogP contribution in [-0.2, 0) is 6.54 Å². The Bertz CT molecular complexity index is 1180. The minimum absolute atomic E-state index is 0.211. The first-order valence-electron chi connectivity index (χ1n) is 9.62. The molecule has 2 aromatic heterocycles. The molecule has 30 heavy (non-hydrogen) atoms. The lowest BCUT2D eigenvalue weighted by Crippen LogP contribution is -2.38. The van der Waals surface area contributed by atoms with Gasteiger partial charge in [0.2, 0.25) is 5.89 Å². The number of aromatic nitrogens is 1. The van der Waals surface area contributed by atoms with Crippen molar-refractivity contribution in [2.24, 2.45) is 0 Å². The highest BCUT2D eigenvalue weighted by Crippen LogP contribution is 2.27. The van der Waals surface area contributed by atoms with Crippen LogP contribution >= 0.6 is 12.2 Å². The summed E-state index contributed by atoms with van der Waals surface area (Å²) in [6, 6.07) is 17.2. The monoisotopic (exact) mass is 419 g/mol. The van der Waals surface area contributed by atoms with Crippen molar-refractivity contribution in [1.82, 2.24) is 15.6 Å². The molecule has 7 heteroatoms. The minimum atomic E-state index is -0.385. The maximum atomic E-state index is 11.9. The molecule has 0 fully saturated rings. The first-order chi connectivity index (χ1) is 14.5. The van der Waals surface area contributed by atoms with Crippen molar-refractivity contribution in [2.45, 2.75) is 26.3 Å². The summed E-state index contributed by atoms with van der Waals surface area (Å²) < 4.78 is 10.9. The number of rotatable bonds is 5. The highest BCUT2D eigenvalue weighted by molar-refractivity contribution is 7.80. The lowest BCUT2D eigenvalue weighted by Gasteiger charge is -2.08. The van der Waals surface area contributed by atoms with Gasteiger partial charge in [-0.15, -0.1) is 0 Å². The molecule has 0 spiro atoms. The zero-order valence-electron chi connectivity index (χ0n) is 16.6. The summed E-state index contributed by atoms with van der Waals surface area (Å²) in [6.07, 6.45) is 1.44. The topological polar surface area (TPSA) is 80.3 Å². The highest BCUT2D eigenvalue weighted by atomic mass is 32.1. The second-order valence-corrected chi connectivity index (χ2v) is 7.62. The molecule has 6 nitrogen and oxygen atoms in total. The normalized spacial score (nSPS) is 11.0. The van der Waals surface area contributed by atoms with Crippen molar-refractivity contribution >= 4 is 34.3 Å². The molecule has 0 radical (unpaired) electrons. The number of carbonyl (C=O) groups excluding carboxylic acids is 1. The maximum absolute atomic E-state index is 11.9. The molecular weight excluding hydrogens is 398 g/mol. The van der Waals surface area contributed by atoms with Gasteiger partial charge in [-0.25, -0.2) is 4.98 Å². The van der Waals surface area contributed by atoms with Crippen LogP contribution in [0.15, 0.2) is 69.7 Å². The molecule has 4 aromatic rings. The van der Waals surface area contributed by atoms with E-state index in [0.717, 1.165) is 22.2 Å². The van der Waals surface area contributed by atoms with E-state index >= 15 is 0 Å². The van der Waals surface area contributed by atoms with Crippen LogP contribution in [0.5, 0.6) is 0 Å². The lowest BCUT2D eigenvalue weighted by atomic mass is 10.0. The van der Waals surface area contributed by atoms with E-state index in [2.05, 4.69) is 41.6 Å². The van der Waals surface area contributed by atoms with E-state index in [1.807, 2.05) is 30.3 Å². The van der Waals surface area contributed by atoms with Crippen LogP contribution in [0.4, 0.5) is 0 Å². The van der Waals surface area contributed by atoms with Crippen LogP contribution in [0, 0.1) is 0 Å². The van der Waals surface area contributed by atoms with E-state index in [-0.39, 0.29) is 16.8 Å². The van der Waals surface area contributed by atoms with Crippen molar-refractivity contribution in [1.29, 1.82) is 0 Å². The van der Waals surface area contributed by atoms with E-state index in [0.29, 0.717) is 18.4 Å². The number of oxazole rings is 1. The molecule has 0 aliphatic rings. The van der Waals surface area contributed by atoms with Gasteiger partial charge in [0.1, 0.15) is 5.52 Å². The number of furan rings is 1.